The van der Waals surface area contributed by atoms with Crippen LogP contribution in [0.25, 0.3) is 22.2 Å². The van der Waals surface area contributed by atoms with E-state index in [0.717, 1.165) is 48.1 Å². The number of nitrogens with one attached hydrogen (secondary N) is 3. The first kappa shape index (κ1) is 30.6. The van der Waals surface area contributed by atoms with Gasteiger partial charge in [0.15, 0.2) is 0 Å². The Morgan fingerprint density at radius 3 is 2.75 bits per heavy atom. The number of para-hydroxylation sites is 1. The summed E-state index contributed by atoms with van der Waals surface area (Å²) >= 11 is 0. The van der Waals surface area contributed by atoms with Crippen LogP contribution in [0.1, 0.15) is 37.0 Å². The zero-order valence-electron chi connectivity index (χ0n) is 25.8. The van der Waals surface area contributed by atoms with Crippen LogP contribution in [0.5, 0.6) is 5.75 Å². The number of nitrogens with zero attached hydrogens (tertiary/aromatic N) is 4. The van der Waals surface area contributed by atoms with Gasteiger partial charge in [-0.2, -0.15) is 0 Å². The molecule has 1 aliphatic heterocycles. The summed E-state index contributed by atoms with van der Waals surface area (Å²) in [7, 11) is 5.52. The number of anilines is 4. The zero-order valence-corrected chi connectivity index (χ0v) is 25.8. The number of carbonyl (C=O) groups excluding carboxylic acids is 2. The van der Waals surface area contributed by atoms with Gasteiger partial charge in [-0.25, -0.2) is 14.8 Å². The maximum absolute atomic E-state index is 13.2. The molecule has 0 radical (unpaired) electrons. The van der Waals surface area contributed by atoms with Gasteiger partial charge in [-0.15, -0.1) is 0 Å². The molecule has 11 nitrogen and oxygen atoms in total. The first-order valence-corrected chi connectivity index (χ1v) is 14.7. The van der Waals surface area contributed by atoms with E-state index in [1.165, 1.54) is 12.3 Å². The second-order valence-electron chi connectivity index (χ2n) is 11.1. The molecule has 0 saturated carbocycles. The van der Waals surface area contributed by atoms with Crippen molar-refractivity contribution < 1.29 is 19.1 Å². The highest BCUT2D eigenvalue weighted by Crippen LogP contribution is 2.39. The summed E-state index contributed by atoms with van der Waals surface area (Å²) in [5.41, 5.74) is 4.35. The number of ether oxygens (including phenoxy) is 2. The third-order valence-corrected chi connectivity index (χ3v) is 7.58. The standard InChI is InChI=1S/C33H39N7O4/c1-7-30(41)36-25-15-26(29(43-6)16-28(25)39(4)18-21-11-10-14-34-21)37-33-35-17-23(32(42)44-20(2)3)31(38-33)24-19-40(5)27-13-9-8-12-22(24)27/h7-9,12-13,15-17,19-21,34H,1,10-11,14,18H2,2-6H3,(H,36,41)(H,35,37,38)/t21-/m0/s1. The molecule has 1 amide bonds. The molecule has 11 heteroatoms. The van der Waals surface area contributed by atoms with E-state index in [1.807, 2.05) is 55.2 Å². The largest absolute Gasteiger partial charge is 0.494 e. The smallest absolute Gasteiger partial charge is 0.342 e. The number of fused-ring (bicyclic) bond motifs is 1. The van der Waals surface area contributed by atoms with Gasteiger partial charge in [-0.05, 0) is 51.4 Å². The lowest BCUT2D eigenvalue weighted by molar-refractivity contribution is -0.111. The molecule has 1 saturated heterocycles. The first-order chi connectivity index (χ1) is 21.2. The number of aryl methyl sites for hydroxylation is 1. The van der Waals surface area contributed by atoms with Crippen LogP contribution < -0.4 is 25.6 Å². The van der Waals surface area contributed by atoms with Crippen molar-refractivity contribution in [3.05, 3.63) is 67.0 Å². The van der Waals surface area contributed by atoms with E-state index in [2.05, 4.69) is 32.4 Å². The van der Waals surface area contributed by atoms with E-state index in [-0.39, 0.29) is 23.5 Å². The Morgan fingerprint density at radius 2 is 2.05 bits per heavy atom. The van der Waals surface area contributed by atoms with Crippen LogP contribution in [-0.2, 0) is 16.6 Å². The molecule has 0 spiro atoms. The third-order valence-electron chi connectivity index (χ3n) is 7.58. The quantitative estimate of drug-likeness (QED) is 0.157. The highest BCUT2D eigenvalue weighted by Gasteiger charge is 2.24. The minimum atomic E-state index is -0.509. The number of esters is 1. The van der Waals surface area contributed by atoms with Gasteiger partial charge >= 0.3 is 5.97 Å². The van der Waals surface area contributed by atoms with E-state index in [1.54, 1.807) is 27.0 Å². The molecular formula is C33H39N7O4. The molecule has 3 N–H and O–H groups in total. The average Bonchev–Trinajstić information content (AvgIpc) is 3.64. The second-order valence-corrected chi connectivity index (χ2v) is 11.1. The van der Waals surface area contributed by atoms with Gasteiger partial charge in [0.25, 0.3) is 0 Å². The van der Waals surface area contributed by atoms with Gasteiger partial charge in [0.1, 0.15) is 11.3 Å². The predicted molar refractivity (Wildman–Crippen MR) is 174 cm³/mol. The second kappa shape index (κ2) is 13.2. The van der Waals surface area contributed by atoms with Crippen LogP contribution in [0.3, 0.4) is 0 Å². The lowest BCUT2D eigenvalue weighted by Crippen LogP contribution is -2.35. The van der Waals surface area contributed by atoms with Crippen molar-refractivity contribution in [3.8, 4) is 17.0 Å². The number of hydrogen-bond donors (Lipinski definition) is 3. The Bertz CT molecular complexity index is 1690. The molecule has 230 valence electrons. The summed E-state index contributed by atoms with van der Waals surface area (Å²) in [6.07, 6.45) is 6.56. The topological polar surface area (TPSA) is 123 Å². The molecule has 2 aromatic carbocycles. The Hall–Kier alpha value is -4.90. The van der Waals surface area contributed by atoms with Crippen molar-refractivity contribution in [3.63, 3.8) is 0 Å². The number of benzene rings is 2. The van der Waals surface area contributed by atoms with Crippen LogP contribution in [0, 0.1) is 0 Å². The Labute approximate surface area is 257 Å². The minimum absolute atomic E-state index is 0.240. The number of likely N-dealkylation sites (N-methyl/N-ethyl adjacent to an activating group) is 1. The zero-order chi connectivity index (χ0) is 31.4. The average molecular weight is 598 g/mol. The van der Waals surface area contributed by atoms with E-state index < -0.39 is 5.97 Å². The normalized spacial score (nSPS) is 14.5. The summed E-state index contributed by atoms with van der Waals surface area (Å²) in [4.78, 5) is 37.0. The lowest BCUT2D eigenvalue weighted by atomic mass is 10.1. The van der Waals surface area contributed by atoms with Crippen LogP contribution in [0.15, 0.2) is 61.4 Å². The Kier molecular flexibility index (Phi) is 9.15. The van der Waals surface area contributed by atoms with Crippen molar-refractivity contribution in [1.29, 1.82) is 0 Å². The van der Waals surface area contributed by atoms with Crippen molar-refractivity contribution >= 4 is 45.8 Å². The first-order valence-electron chi connectivity index (χ1n) is 14.7. The molecule has 1 aliphatic rings. The number of methoxy groups -OCH3 is 1. The van der Waals surface area contributed by atoms with Crippen LogP contribution >= 0.6 is 0 Å². The van der Waals surface area contributed by atoms with Gasteiger partial charge in [-0.3, -0.25) is 4.79 Å². The number of carbonyl (C=O) groups is 2. The summed E-state index contributed by atoms with van der Waals surface area (Å²) in [5, 5.41) is 10.6. The SMILES string of the molecule is C=CC(=O)Nc1cc(Nc2ncc(C(=O)OC(C)C)c(-c3cn(C)c4ccccc34)n2)c(OC)cc1N(C)C[C@@H]1CCCN1. The molecule has 44 heavy (non-hydrogen) atoms. The van der Waals surface area contributed by atoms with Crippen LogP contribution in [0.4, 0.5) is 23.0 Å². The molecule has 0 aliphatic carbocycles. The highest BCUT2D eigenvalue weighted by atomic mass is 16.5. The fraction of sp³-hybridized carbons (Fsp3) is 0.333. The Balaban J connectivity index is 1.57. The molecule has 1 fully saturated rings. The summed E-state index contributed by atoms with van der Waals surface area (Å²) in [6, 6.07) is 11.9. The van der Waals surface area contributed by atoms with E-state index in [9.17, 15) is 9.59 Å². The van der Waals surface area contributed by atoms with Gasteiger partial charge in [0, 0.05) is 61.6 Å². The predicted octanol–water partition coefficient (Wildman–Crippen LogP) is 5.27. The van der Waals surface area contributed by atoms with Crippen molar-refractivity contribution in [1.82, 2.24) is 19.9 Å². The summed E-state index contributed by atoms with van der Waals surface area (Å²) in [5.74, 6) is -0.0751. The fourth-order valence-electron chi connectivity index (χ4n) is 5.50. The lowest BCUT2D eigenvalue weighted by Gasteiger charge is -2.27. The maximum Gasteiger partial charge on any atom is 0.342 e. The van der Waals surface area contributed by atoms with E-state index in [4.69, 9.17) is 14.5 Å². The van der Waals surface area contributed by atoms with Crippen molar-refractivity contribution in [2.75, 3.05) is 42.8 Å². The van der Waals surface area contributed by atoms with Crippen LogP contribution in [-0.4, -0.2) is 65.8 Å². The number of rotatable bonds is 11. The number of hydrogen-bond acceptors (Lipinski definition) is 9. The van der Waals surface area contributed by atoms with Gasteiger partial charge in [-0.1, -0.05) is 24.8 Å². The van der Waals surface area contributed by atoms with Crippen molar-refractivity contribution in [2.24, 2.45) is 7.05 Å². The van der Waals surface area contributed by atoms with E-state index >= 15 is 0 Å². The molecule has 0 unspecified atom stereocenters. The minimum Gasteiger partial charge on any atom is -0.494 e. The summed E-state index contributed by atoms with van der Waals surface area (Å²) in [6.45, 7) is 8.96. The molecule has 5 rings (SSSR count). The Morgan fingerprint density at radius 1 is 1.25 bits per heavy atom. The highest BCUT2D eigenvalue weighted by molar-refractivity contribution is 6.04. The number of aromatic nitrogens is 3. The summed E-state index contributed by atoms with van der Waals surface area (Å²) < 4.78 is 13.3. The van der Waals surface area contributed by atoms with E-state index in [0.29, 0.717) is 28.9 Å². The van der Waals surface area contributed by atoms with Gasteiger partial charge in [0.2, 0.25) is 11.9 Å². The van der Waals surface area contributed by atoms with Crippen LogP contribution in [0.2, 0.25) is 0 Å². The molecular weight excluding hydrogens is 558 g/mol. The molecule has 4 aromatic rings. The molecule has 0 bridgehead atoms. The maximum atomic E-state index is 13.2. The fourth-order valence-corrected chi connectivity index (χ4v) is 5.50. The third kappa shape index (κ3) is 6.52. The van der Waals surface area contributed by atoms with Gasteiger partial charge < -0.3 is 34.9 Å². The monoisotopic (exact) mass is 597 g/mol. The molecule has 2 aromatic heterocycles. The molecule has 1 atom stereocenters. The van der Waals surface area contributed by atoms with Gasteiger partial charge in [0.05, 0.1) is 36.0 Å². The molecule has 3 heterocycles. The number of amides is 1. The van der Waals surface area contributed by atoms with Crippen molar-refractivity contribution in [2.45, 2.75) is 38.8 Å².